The molecule has 0 atom stereocenters. The number of methoxy groups -OCH3 is 1. The van der Waals surface area contributed by atoms with Crippen molar-refractivity contribution in [2.45, 2.75) is 33.1 Å². The van der Waals surface area contributed by atoms with Crippen molar-refractivity contribution in [3.63, 3.8) is 0 Å². The van der Waals surface area contributed by atoms with E-state index in [1.54, 1.807) is 48.1 Å². The molecule has 1 fully saturated rings. The molecule has 2 amide bonds. The first-order valence-electron chi connectivity index (χ1n) is 12.1. The highest BCUT2D eigenvalue weighted by molar-refractivity contribution is 6.09. The van der Waals surface area contributed by atoms with E-state index in [-0.39, 0.29) is 24.1 Å². The zero-order valence-corrected chi connectivity index (χ0v) is 20.6. The summed E-state index contributed by atoms with van der Waals surface area (Å²) in [6.07, 6.45) is 1.87. The molecule has 1 aromatic heterocycles. The number of carbonyl (C=O) groups excluding carboxylic acids is 3. The van der Waals surface area contributed by atoms with Gasteiger partial charge < -0.3 is 19.3 Å². The van der Waals surface area contributed by atoms with Crippen molar-refractivity contribution in [3.05, 3.63) is 65.0 Å². The summed E-state index contributed by atoms with van der Waals surface area (Å²) in [6, 6.07) is 12.8. The first kappa shape index (κ1) is 23.6. The maximum Gasteiger partial charge on any atom is 0.359 e. The Morgan fingerprint density at radius 3 is 2.39 bits per heavy atom. The van der Waals surface area contributed by atoms with Crippen LogP contribution in [-0.2, 0) is 16.0 Å². The normalized spacial score (nSPS) is 15.3. The van der Waals surface area contributed by atoms with Crippen LogP contribution in [0.1, 0.15) is 51.9 Å². The third-order valence-electron chi connectivity index (χ3n) is 6.66. The smallest absolute Gasteiger partial charge is 0.359 e. The molecule has 3 heterocycles. The van der Waals surface area contributed by atoms with Gasteiger partial charge in [-0.3, -0.25) is 9.59 Å². The number of ether oxygens (including phenoxy) is 2. The number of hydrogen-bond donors (Lipinski definition) is 0. The van der Waals surface area contributed by atoms with E-state index in [1.807, 2.05) is 25.1 Å². The van der Waals surface area contributed by atoms with Crippen molar-refractivity contribution in [2.75, 3.05) is 36.6 Å². The molecular weight excluding hydrogens is 460 g/mol. The average Bonchev–Trinajstić information content (AvgIpc) is 3.49. The van der Waals surface area contributed by atoms with Crippen LogP contribution in [0.5, 0.6) is 5.75 Å². The van der Waals surface area contributed by atoms with Gasteiger partial charge in [0.25, 0.3) is 5.91 Å². The van der Waals surface area contributed by atoms with E-state index in [0.29, 0.717) is 48.6 Å². The summed E-state index contributed by atoms with van der Waals surface area (Å²) >= 11 is 0. The lowest BCUT2D eigenvalue weighted by atomic mass is 10.0. The highest BCUT2D eigenvalue weighted by atomic mass is 16.5. The predicted molar refractivity (Wildman–Crippen MR) is 134 cm³/mol. The van der Waals surface area contributed by atoms with Crippen molar-refractivity contribution in [1.82, 2.24) is 9.78 Å². The first-order chi connectivity index (χ1) is 17.4. The third kappa shape index (κ3) is 4.00. The molecule has 0 aliphatic carbocycles. The summed E-state index contributed by atoms with van der Waals surface area (Å²) in [5, 5.41) is 4.52. The summed E-state index contributed by atoms with van der Waals surface area (Å²) in [5.41, 5.74) is 4.26. The number of esters is 1. The van der Waals surface area contributed by atoms with Gasteiger partial charge in [-0.2, -0.15) is 5.10 Å². The highest BCUT2D eigenvalue weighted by Gasteiger charge is 2.36. The van der Waals surface area contributed by atoms with Gasteiger partial charge in [-0.05, 0) is 74.7 Å². The minimum Gasteiger partial charge on any atom is -0.497 e. The number of amides is 2. The maximum absolute atomic E-state index is 13.9. The summed E-state index contributed by atoms with van der Waals surface area (Å²) in [5.74, 6) is 0.00192. The van der Waals surface area contributed by atoms with Gasteiger partial charge in [-0.15, -0.1) is 0 Å². The number of aryl methyl sites for hydroxylation is 1. The molecule has 2 aliphatic heterocycles. The van der Waals surface area contributed by atoms with Crippen molar-refractivity contribution in [3.8, 4) is 11.4 Å². The number of anilines is 2. The Balaban J connectivity index is 1.54. The fourth-order valence-corrected chi connectivity index (χ4v) is 4.89. The Kier molecular flexibility index (Phi) is 6.22. The van der Waals surface area contributed by atoms with Gasteiger partial charge in [-0.1, -0.05) is 0 Å². The molecule has 0 bridgehead atoms. The molecule has 0 saturated carbocycles. The number of benzene rings is 2. The van der Waals surface area contributed by atoms with Gasteiger partial charge >= 0.3 is 5.97 Å². The van der Waals surface area contributed by atoms with E-state index < -0.39 is 5.97 Å². The van der Waals surface area contributed by atoms with Crippen LogP contribution < -0.4 is 14.5 Å². The summed E-state index contributed by atoms with van der Waals surface area (Å²) in [6.45, 7) is 5.01. The molecule has 9 nitrogen and oxygen atoms in total. The van der Waals surface area contributed by atoms with E-state index in [0.717, 1.165) is 23.4 Å². The van der Waals surface area contributed by atoms with Crippen LogP contribution >= 0.6 is 0 Å². The monoisotopic (exact) mass is 488 g/mol. The van der Waals surface area contributed by atoms with Crippen molar-refractivity contribution in [2.24, 2.45) is 0 Å². The van der Waals surface area contributed by atoms with E-state index in [1.165, 1.54) is 4.68 Å². The highest BCUT2D eigenvalue weighted by Crippen LogP contribution is 2.33. The Hall–Kier alpha value is -4.14. The number of nitrogens with zero attached hydrogens (tertiary/aromatic N) is 4. The minimum atomic E-state index is -0.544. The van der Waals surface area contributed by atoms with Gasteiger partial charge in [0.15, 0.2) is 5.69 Å². The van der Waals surface area contributed by atoms with Crippen molar-refractivity contribution >= 4 is 29.2 Å². The molecule has 9 heteroatoms. The van der Waals surface area contributed by atoms with Crippen LogP contribution in [0.3, 0.4) is 0 Å². The molecular formula is C27H28N4O5. The third-order valence-corrected chi connectivity index (χ3v) is 6.66. The molecule has 5 rings (SSSR count). The first-order valence-corrected chi connectivity index (χ1v) is 12.1. The van der Waals surface area contributed by atoms with Crippen molar-refractivity contribution < 1.29 is 23.9 Å². The van der Waals surface area contributed by atoms with E-state index >= 15 is 0 Å². The standard InChI is InChI=1S/C27H28N4O5/c1-4-36-27(34)24-21-13-15-29(19-9-12-22(17(2)16-19)30-14-5-6-23(30)32)26(33)25(21)31(28-24)18-7-10-20(35-3)11-8-18/h7-12,16H,4-6,13-15H2,1-3H3. The molecule has 3 aromatic rings. The fraction of sp³-hybridized carbons (Fsp3) is 0.333. The molecule has 0 radical (unpaired) electrons. The Labute approximate surface area is 209 Å². The second kappa shape index (κ2) is 9.49. The Bertz CT molecular complexity index is 1340. The van der Waals surface area contributed by atoms with Crippen LogP contribution in [0.15, 0.2) is 42.5 Å². The average molecular weight is 489 g/mol. The van der Waals surface area contributed by atoms with Crippen molar-refractivity contribution in [1.29, 1.82) is 0 Å². The lowest BCUT2D eigenvalue weighted by Crippen LogP contribution is -2.39. The van der Waals surface area contributed by atoms with Crippen LogP contribution in [0, 0.1) is 6.92 Å². The maximum atomic E-state index is 13.9. The second-order valence-electron chi connectivity index (χ2n) is 8.83. The quantitative estimate of drug-likeness (QED) is 0.491. The van der Waals surface area contributed by atoms with Gasteiger partial charge in [0.1, 0.15) is 11.4 Å². The molecule has 36 heavy (non-hydrogen) atoms. The van der Waals surface area contributed by atoms with Crippen LogP contribution in [0.25, 0.3) is 5.69 Å². The summed E-state index contributed by atoms with van der Waals surface area (Å²) in [7, 11) is 1.58. The number of rotatable bonds is 6. The van der Waals surface area contributed by atoms with Gasteiger partial charge in [0.05, 0.1) is 19.4 Å². The number of carbonyl (C=O) groups is 3. The molecule has 0 N–H and O–H groups in total. The predicted octanol–water partition coefficient (Wildman–Crippen LogP) is 3.70. The lowest BCUT2D eigenvalue weighted by molar-refractivity contribution is -0.117. The molecule has 2 aliphatic rings. The summed E-state index contributed by atoms with van der Waals surface area (Å²) < 4.78 is 12.0. The van der Waals surface area contributed by atoms with E-state index in [4.69, 9.17) is 9.47 Å². The Morgan fingerprint density at radius 2 is 1.75 bits per heavy atom. The molecule has 0 unspecified atom stereocenters. The molecule has 2 aromatic carbocycles. The van der Waals surface area contributed by atoms with Crippen LogP contribution in [-0.4, -0.2) is 54.4 Å². The lowest BCUT2D eigenvalue weighted by Gasteiger charge is -2.29. The van der Waals surface area contributed by atoms with E-state index in [2.05, 4.69) is 5.10 Å². The van der Waals surface area contributed by atoms with Gasteiger partial charge in [0, 0.05) is 36.4 Å². The SMILES string of the molecule is CCOC(=O)c1nn(-c2ccc(OC)cc2)c2c1CCN(c1ccc(N3CCCC3=O)c(C)c1)C2=O. The number of aromatic nitrogens is 2. The number of fused-ring (bicyclic) bond motifs is 1. The van der Waals surface area contributed by atoms with Gasteiger partial charge in [-0.25, -0.2) is 9.48 Å². The fourth-order valence-electron chi connectivity index (χ4n) is 4.89. The molecule has 0 spiro atoms. The number of hydrogen-bond acceptors (Lipinski definition) is 6. The largest absolute Gasteiger partial charge is 0.497 e. The second-order valence-corrected chi connectivity index (χ2v) is 8.83. The van der Waals surface area contributed by atoms with Crippen LogP contribution in [0.2, 0.25) is 0 Å². The minimum absolute atomic E-state index is 0.124. The zero-order valence-electron chi connectivity index (χ0n) is 20.6. The molecule has 186 valence electrons. The molecule has 1 saturated heterocycles. The summed E-state index contributed by atoms with van der Waals surface area (Å²) in [4.78, 5) is 42.3. The zero-order chi connectivity index (χ0) is 25.4. The van der Waals surface area contributed by atoms with E-state index in [9.17, 15) is 14.4 Å². The Morgan fingerprint density at radius 1 is 1.00 bits per heavy atom. The topological polar surface area (TPSA) is 94.0 Å². The van der Waals surface area contributed by atoms with Gasteiger partial charge in [0.2, 0.25) is 5.91 Å². The van der Waals surface area contributed by atoms with Crippen LogP contribution in [0.4, 0.5) is 11.4 Å².